The van der Waals surface area contributed by atoms with Crippen LogP contribution in [0.2, 0.25) is 0 Å². The zero-order valence-corrected chi connectivity index (χ0v) is 50.1. The van der Waals surface area contributed by atoms with Crippen LogP contribution in [-0.4, -0.2) is 115 Å². The van der Waals surface area contributed by atoms with Gasteiger partial charge in [0.15, 0.2) is 5.01 Å². The van der Waals surface area contributed by atoms with Crippen molar-refractivity contribution in [3.63, 3.8) is 0 Å². The predicted octanol–water partition coefficient (Wildman–Crippen LogP) is 8.97. The third-order valence-corrected chi connectivity index (χ3v) is 18.9. The molecule has 7 N–H and O–H groups in total. The Morgan fingerprint density at radius 2 is 1.12 bits per heavy atom. The number of carbonyl (C=O) groups excluding carboxylic acids is 9. The van der Waals surface area contributed by atoms with Gasteiger partial charge < -0.3 is 46.4 Å². The molecule has 89 heavy (non-hydrogen) atoms. The van der Waals surface area contributed by atoms with Crippen LogP contribution in [0.5, 0.6) is 0 Å². The Kier molecular flexibility index (Phi) is 14.9. The molecule has 450 valence electrons. The molecule has 6 atom stereocenters. The van der Waals surface area contributed by atoms with Crippen LogP contribution < -0.4 is 26.6 Å². The molecule has 0 bridgehead atoms. The highest BCUT2D eigenvalue weighted by atomic mass is 32.1. The molecule has 2 unspecified atom stereocenters. The van der Waals surface area contributed by atoms with Crippen molar-refractivity contribution < 1.29 is 43.2 Å². The van der Waals surface area contributed by atoms with Crippen LogP contribution >= 0.6 is 11.3 Å². The smallest absolute Gasteiger partial charge is 0.289 e. The average Bonchev–Trinajstić information content (AvgIpc) is 1.69. The van der Waals surface area contributed by atoms with Crippen molar-refractivity contribution in [1.82, 2.24) is 40.7 Å². The zero-order chi connectivity index (χ0) is 62.0. The summed E-state index contributed by atoms with van der Waals surface area (Å²) in [6, 6.07) is 40.7. The van der Waals surface area contributed by atoms with E-state index in [0.29, 0.717) is 44.7 Å². The number of hydrogen-bond acceptors (Lipinski definition) is 11. The van der Waals surface area contributed by atoms with E-state index < -0.39 is 87.9 Å². The number of benzene rings is 6. The molecule has 19 nitrogen and oxygen atoms in total. The number of aromatic amines is 2. The fraction of sp³-hybridized carbons (Fsp3) is 0.275. The Balaban J connectivity index is 0.765. The number of amides is 7. The molecule has 7 amide bonds. The maximum Gasteiger partial charge on any atom is 0.289 e. The lowest BCUT2D eigenvalue weighted by Gasteiger charge is -2.29. The summed E-state index contributed by atoms with van der Waals surface area (Å²) >= 11 is 1.21. The minimum atomic E-state index is -1.38. The molecule has 2 saturated heterocycles. The van der Waals surface area contributed by atoms with E-state index in [1.54, 1.807) is 54.6 Å². The van der Waals surface area contributed by atoms with Gasteiger partial charge in [0, 0.05) is 52.8 Å². The average molecular weight is 1210 g/mol. The number of aromatic nitrogens is 3. The first-order valence-corrected chi connectivity index (χ1v) is 30.7. The molecule has 2 fully saturated rings. The van der Waals surface area contributed by atoms with Crippen molar-refractivity contribution in [2.45, 2.75) is 94.9 Å². The number of H-pyrrole nitrogens is 2. The van der Waals surface area contributed by atoms with E-state index in [1.807, 2.05) is 125 Å². The molecule has 9 aromatic rings. The molecule has 0 aliphatic carbocycles. The van der Waals surface area contributed by atoms with E-state index in [1.165, 1.54) is 21.1 Å². The lowest BCUT2D eigenvalue weighted by molar-refractivity contribution is -0.145. The highest BCUT2D eigenvalue weighted by Crippen LogP contribution is 2.50. The first kappa shape index (κ1) is 58.0. The number of anilines is 2. The Morgan fingerprint density at radius 3 is 1.74 bits per heavy atom. The zero-order valence-electron chi connectivity index (χ0n) is 49.3. The fourth-order valence-electron chi connectivity index (χ4n) is 13.6. The quantitative estimate of drug-likeness (QED) is 0.0336. The van der Waals surface area contributed by atoms with Crippen molar-refractivity contribution in [2.75, 3.05) is 23.7 Å². The Morgan fingerprint density at radius 1 is 0.596 bits per heavy atom. The summed E-state index contributed by atoms with van der Waals surface area (Å²) in [6.45, 7) is 7.17. The van der Waals surface area contributed by atoms with Crippen LogP contribution in [0.25, 0.3) is 43.1 Å². The van der Waals surface area contributed by atoms with Gasteiger partial charge in [-0.3, -0.25) is 43.2 Å². The first-order valence-electron chi connectivity index (χ1n) is 29.9. The summed E-state index contributed by atoms with van der Waals surface area (Å²) in [5.41, 5.74) is 3.96. The number of ketones is 2. The normalized spacial score (nSPS) is 19.9. The van der Waals surface area contributed by atoms with Crippen molar-refractivity contribution in [3.8, 4) is 11.1 Å². The highest BCUT2D eigenvalue weighted by Gasteiger charge is 2.60. The maximum atomic E-state index is 15.2. The van der Waals surface area contributed by atoms with Gasteiger partial charge in [0.2, 0.25) is 35.2 Å². The minimum Gasteiger partial charge on any atom is -0.351 e. The van der Waals surface area contributed by atoms with Crippen LogP contribution in [0, 0.1) is 11.8 Å². The molecule has 7 heterocycles. The van der Waals surface area contributed by atoms with E-state index in [-0.39, 0.29) is 73.5 Å². The molecule has 0 radical (unpaired) electrons. The molecule has 13 rings (SSSR count). The maximum absolute atomic E-state index is 15.2. The molecule has 4 aliphatic rings. The van der Waals surface area contributed by atoms with Gasteiger partial charge in [0.25, 0.3) is 17.7 Å². The van der Waals surface area contributed by atoms with Crippen LogP contribution in [-0.2, 0) is 46.1 Å². The molecule has 20 heteroatoms. The molecule has 2 spiro atoms. The van der Waals surface area contributed by atoms with E-state index in [2.05, 4.69) is 41.5 Å². The minimum absolute atomic E-state index is 0.0549. The fourth-order valence-corrected chi connectivity index (χ4v) is 14.5. The summed E-state index contributed by atoms with van der Waals surface area (Å²) in [5.74, 6) is -5.43. The number of para-hydroxylation sites is 4. The lowest BCUT2D eigenvalue weighted by atomic mass is 9.78. The Bertz CT molecular complexity index is 4330. The predicted molar refractivity (Wildman–Crippen MR) is 338 cm³/mol. The van der Waals surface area contributed by atoms with Gasteiger partial charge >= 0.3 is 0 Å². The summed E-state index contributed by atoms with van der Waals surface area (Å²) in [6.07, 6.45) is 0.204. The van der Waals surface area contributed by atoms with Crippen molar-refractivity contribution >= 4 is 108 Å². The van der Waals surface area contributed by atoms with Crippen LogP contribution in [0.4, 0.5) is 11.4 Å². The second-order valence-electron chi connectivity index (χ2n) is 24.7. The van der Waals surface area contributed by atoms with Gasteiger partial charge in [-0.15, -0.1) is 11.3 Å². The van der Waals surface area contributed by atoms with E-state index >= 15 is 9.59 Å². The Labute approximate surface area is 515 Å². The van der Waals surface area contributed by atoms with E-state index in [9.17, 15) is 33.6 Å². The van der Waals surface area contributed by atoms with Gasteiger partial charge in [-0.1, -0.05) is 131 Å². The molecule has 4 aliphatic heterocycles. The molecule has 6 aromatic carbocycles. The second-order valence-corrected chi connectivity index (χ2v) is 25.7. The largest absolute Gasteiger partial charge is 0.351 e. The summed E-state index contributed by atoms with van der Waals surface area (Å²) in [4.78, 5) is 145. The van der Waals surface area contributed by atoms with Gasteiger partial charge in [-0.2, -0.15) is 0 Å². The number of carbonyl (C=O) groups is 9. The summed E-state index contributed by atoms with van der Waals surface area (Å²) in [5, 5.41) is 16.5. The summed E-state index contributed by atoms with van der Waals surface area (Å²) in [7, 11) is 0. The number of rotatable bonds is 17. The second kappa shape index (κ2) is 22.9. The van der Waals surface area contributed by atoms with Crippen LogP contribution in [0.3, 0.4) is 0 Å². The van der Waals surface area contributed by atoms with Crippen LogP contribution in [0.15, 0.2) is 152 Å². The number of nitrogens with one attached hydrogen (secondary N) is 7. The number of fused-ring (bicyclic) bond motifs is 7. The third-order valence-electron chi connectivity index (χ3n) is 17.9. The number of thiazole rings is 1. The van der Waals surface area contributed by atoms with Crippen molar-refractivity contribution in [1.29, 1.82) is 0 Å². The Hall–Kier alpha value is -10.1. The van der Waals surface area contributed by atoms with Crippen molar-refractivity contribution in [2.24, 2.45) is 11.8 Å². The van der Waals surface area contributed by atoms with Crippen molar-refractivity contribution in [3.05, 3.63) is 185 Å². The molecular formula is C69H64N10O9S. The lowest BCUT2D eigenvalue weighted by Crippen LogP contribution is -2.54. The van der Waals surface area contributed by atoms with Gasteiger partial charge in [0.1, 0.15) is 29.5 Å². The van der Waals surface area contributed by atoms with E-state index in [4.69, 9.17) is 0 Å². The number of likely N-dealkylation sites (tertiary alicyclic amines) is 2. The summed E-state index contributed by atoms with van der Waals surface area (Å²) < 4.78 is 0.788. The molecular weight excluding hydrogens is 1140 g/mol. The van der Waals surface area contributed by atoms with Gasteiger partial charge in [-0.05, 0) is 114 Å². The van der Waals surface area contributed by atoms with Gasteiger partial charge in [0.05, 0.1) is 27.1 Å². The van der Waals surface area contributed by atoms with E-state index in [0.717, 1.165) is 26.5 Å². The third kappa shape index (κ3) is 10.5. The highest BCUT2D eigenvalue weighted by molar-refractivity contribution is 7.20. The standard InChI is InChI=1S/C69H64N10O9S/c1-37(2)27-53(73-60(82)51-30-40-15-6-10-20-46(40)71-51)64(85)78-35-68(44-19-9-12-22-48(44)76-66(68)87)32-55(78)58(80)62(84)70-34-42-17-5-8-18-43(42)39-25-26-45-50(29-39)77-67(88)69(45)33-56(59(81)63-75-49-23-13-14-24-57(49)89-63)79(36-69)65(86)54(28-38(3)4)74-61(83)52-31-41-16-7-11-21-47(41)72-52/h5-26,29-31,37-38,53-56,71-72H,27-28,32-36H2,1-4H3,(H,70,84)(H,73,82)(H,74,83)(H,76,87)(H,77,88)/t53-,54-,55?,56?,68-,69-/m0/s1. The monoisotopic (exact) mass is 1210 g/mol. The SMILES string of the molecule is CC(C)C[C@H](NC(=O)c1cc2ccccc2[nH]1)C(=O)N1C[C@]2(CC1C(=O)C(=O)NCc1ccccc1-c1ccc3c(c1)NC(=O)[C@]31CC(C(=O)c3nc4ccccc4s3)N(C(=O)[C@H](CC(C)C)NC(=O)c3cc4ccccc4[nH]3)C1)C(=O)Nc1ccccc12. The van der Waals surface area contributed by atoms with Gasteiger partial charge in [-0.25, -0.2) is 4.98 Å². The molecule has 3 aromatic heterocycles. The van der Waals surface area contributed by atoms with Crippen LogP contribution in [0.1, 0.15) is 101 Å². The number of nitrogens with zero attached hydrogens (tertiary/aromatic N) is 3. The topological polar surface area (TPSA) is 265 Å². The number of Topliss-reactive ketones (excluding diaryl/α,β-unsaturated/α-hetero) is 2. The number of hydrogen-bond donors (Lipinski definition) is 7. The molecule has 0 saturated carbocycles. The first-order chi connectivity index (χ1) is 42.9.